The van der Waals surface area contributed by atoms with Gasteiger partial charge in [-0.05, 0) is 118 Å². The molecule has 0 saturated heterocycles. The molecule has 0 radical (unpaired) electrons. The third kappa shape index (κ3) is 20.0. The molecule has 5 aliphatic rings. The fourth-order valence-electron chi connectivity index (χ4n) is 9.85. The van der Waals surface area contributed by atoms with Gasteiger partial charge in [0, 0.05) is 32.1 Å². The number of hydrogen-bond donors (Lipinski definition) is 0. The summed E-state index contributed by atoms with van der Waals surface area (Å²) in [6, 6.07) is 4.83. The molecule has 0 nitrogen and oxygen atoms in total. The van der Waals surface area contributed by atoms with Crippen LogP contribution in [0.4, 0.5) is 0 Å². The van der Waals surface area contributed by atoms with Crippen molar-refractivity contribution in [1.82, 2.24) is 0 Å². The Bertz CT molecular complexity index is 1110. The van der Waals surface area contributed by atoms with Crippen LogP contribution in [0.15, 0.2) is 0 Å². The standard InChI is InChI=1S/2C22H36Si.C9H14/c2*1-3-23(4-2,19-11-17-21-13-7-5-8-14-21)20-12-18-22-15-9-6-10-16-22;1-2-6-9-7-4-3-5-8-9/h2*21-22H,3-10,13-18H2,1-2H3;1,9H,3-8H2. The summed E-state index contributed by atoms with van der Waals surface area (Å²) in [5, 5.41) is 0. The van der Waals surface area contributed by atoms with Crippen LogP contribution >= 0.6 is 0 Å². The minimum atomic E-state index is -1.63. The van der Waals surface area contributed by atoms with Crippen LogP contribution in [0.5, 0.6) is 0 Å². The number of terminal acetylenes is 1. The minimum absolute atomic E-state index is 0.865. The van der Waals surface area contributed by atoms with Crippen molar-refractivity contribution in [3.8, 4) is 58.2 Å². The van der Waals surface area contributed by atoms with E-state index >= 15 is 0 Å². The van der Waals surface area contributed by atoms with Crippen LogP contribution in [0.25, 0.3) is 0 Å². The van der Waals surface area contributed by atoms with Crippen LogP contribution in [0.2, 0.25) is 24.2 Å². The lowest BCUT2D eigenvalue weighted by molar-refractivity contribution is 0.365. The summed E-state index contributed by atoms with van der Waals surface area (Å²) in [7, 11) is -3.27. The maximum Gasteiger partial charge on any atom is 0.216 e. The van der Waals surface area contributed by atoms with Gasteiger partial charge in [-0.15, -0.1) is 58.2 Å². The van der Waals surface area contributed by atoms with E-state index in [-0.39, 0.29) is 0 Å². The molecule has 0 N–H and O–H groups in total. The largest absolute Gasteiger partial charge is 0.216 e. The first-order chi connectivity index (χ1) is 27.0. The summed E-state index contributed by atoms with van der Waals surface area (Å²) in [5.41, 5.74) is 14.9. The summed E-state index contributed by atoms with van der Waals surface area (Å²) >= 11 is 0. The topological polar surface area (TPSA) is 0 Å². The first kappa shape index (κ1) is 47.6. The highest BCUT2D eigenvalue weighted by atomic mass is 28.3. The Kier molecular flexibility index (Phi) is 25.5. The number of rotatable bonds is 9. The van der Waals surface area contributed by atoms with Gasteiger partial charge in [0.1, 0.15) is 0 Å². The van der Waals surface area contributed by atoms with E-state index in [2.05, 4.69) is 79.5 Å². The van der Waals surface area contributed by atoms with E-state index in [1.54, 1.807) is 0 Å². The van der Waals surface area contributed by atoms with Gasteiger partial charge in [0.2, 0.25) is 16.1 Å². The maximum atomic E-state index is 5.21. The molecule has 306 valence electrons. The Morgan fingerprint density at radius 1 is 0.327 bits per heavy atom. The molecule has 0 aromatic rings. The van der Waals surface area contributed by atoms with E-state index in [1.807, 2.05) is 0 Å². The summed E-state index contributed by atoms with van der Waals surface area (Å²) in [6.07, 6.45) is 46.3. The van der Waals surface area contributed by atoms with Crippen LogP contribution < -0.4 is 0 Å². The Morgan fingerprint density at radius 2 is 0.527 bits per heavy atom. The molecule has 2 heteroatoms. The molecular weight excluding hydrogens is 693 g/mol. The molecule has 0 amide bonds. The van der Waals surface area contributed by atoms with E-state index in [9.17, 15) is 0 Å². The van der Waals surface area contributed by atoms with E-state index < -0.39 is 16.1 Å². The monoisotopic (exact) mass is 779 g/mol. The van der Waals surface area contributed by atoms with Crippen LogP contribution in [0, 0.1) is 87.8 Å². The molecule has 5 saturated carbocycles. The van der Waals surface area contributed by atoms with Gasteiger partial charge in [0.05, 0.1) is 0 Å². The van der Waals surface area contributed by atoms with Gasteiger partial charge in [-0.3, -0.25) is 0 Å². The highest BCUT2D eigenvalue weighted by Crippen LogP contribution is 2.29. The molecule has 0 unspecified atom stereocenters. The highest BCUT2D eigenvalue weighted by molar-refractivity contribution is 6.94. The van der Waals surface area contributed by atoms with Crippen LogP contribution in [-0.4, -0.2) is 16.1 Å². The third-order valence-electron chi connectivity index (χ3n) is 14.3. The first-order valence-electron chi connectivity index (χ1n) is 24.4. The summed E-state index contributed by atoms with van der Waals surface area (Å²) in [4.78, 5) is 0. The lowest BCUT2D eigenvalue weighted by Crippen LogP contribution is -2.29. The summed E-state index contributed by atoms with van der Waals surface area (Å²) in [5.74, 6) is 21.5. The van der Waals surface area contributed by atoms with Crippen molar-refractivity contribution in [2.24, 2.45) is 29.6 Å². The van der Waals surface area contributed by atoms with Crippen molar-refractivity contribution in [1.29, 1.82) is 0 Å². The third-order valence-corrected chi connectivity index (χ3v) is 21.8. The van der Waals surface area contributed by atoms with Crippen LogP contribution in [0.3, 0.4) is 0 Å². The Labute approximate surface area is 346 Å². The molecule has 0 aromatic carbocycles. The van der Waals surface area contributed by atoms with Crippen molar-refractivity contribution in [2.75, 3.05) is 0 Å². The van der Waals surface area contributed by atoms with Gasteiger partial charge >= 0.3 is 0 Å². The van der Waals surface area contributed by atoms with Crippen molar-refractivity contribution in [3.63, 3.8) is 0 Å². The molecule has 0 atom stereocenters. The average molecular weight is 779 g/mol. The van der Waals surface area contributed by atoms with Gasteiger partial charge in [0.15, 0.2) is 0 Å². The molecule has 0 bridgehead atoms. The Hall–Kier alpha value is -1.77. The van der Waals surface area contributed by atoms with E-state index in [4.69, 9.17) is 6.42 Å². The zero-order valence-corrected chi connectivity index (χ0v) is 39.0. The van der Waals surface area contributed by atoms with Gasteiger partial charge in [-0.2, -0.15) is 0 Å². The second kappa shape index (κ2) is 29.4. The van der Waals surface area contributed by atoms with Crippen LogP contribution in [0.1, 0.15) is 220 Å². The van der Waals surface area contributed by atoms with Gasteiger partial charge in [0.25, 0.3) is 0 Å². The summed E-state index contributed by atoms with van der Waals surface area (Å²) < 4.78 is 0. The maximum absolute atomic E-state index is 5.21. The summed E-state index contributed by atoms with van der Waals surface area (Å²) in [6.45, 7) is 9.28. The predicted octanol–water partition coefficient (Wildman–Crippen LogP) is 15.6. The van der Waals surface area contributed by atoms with Crippen molar-refractivity contribution in [2.45, 2.75) is 244 Å². The normalized spacial score (nSPS) is 20.4. The fraction of sp³-hybridized carbons (Fsp3) is 0.811. The predicted molar refractivity (Wildman–Crippen MR) is 249 cm³/mol. The molecule has 5 fully saturated rings. The SMILES string of the molecule is C#CCC1CCCCC1.CC[Si](C#CCC1CCCCC1)(C#CCC1CCCCC1)CC.CC[Si](C#CCC1CCCCC1)(C#CCC1CCCCC1)CC. The van der Waals surface area contributed by atoms with Crippen molar-refractivity contribution in [3.05, 3.63) is 0 Å². The second-order valence-corrected chi connectivity index (χ2v) is 26.7. The van der Waals surface area contributed by atoms with E-state index in [0.29, 0.717) is 0 Å². The molecule has 0 heterocycles. The Balaban J connectivity index is 0.000000242. The van der Waals surface area contributed by atoms with Crippen molar-refractivity contribution >= 4 is 16.1 Å². The molecule has 0 spiro atoms. The lowest BCUT2D eigenvalue weighted by atomic mass is 9.87. The average Bonchev–Trinajstić information content (AvgIpc) is 3.25. The quantitative estimate of drug-likeness (QED) is 0.162. The highest BCUT2D eigenvalue weighted by Gasteiger charge is 2.26. The molecule has 0 aromatic heterocycles. The second-order valence-electron chi connectivity index (χ2n) is 18.5. The molecule has 55 heavy (non-hydrogen) atoms. The molecule has 0 aliphatic heterocycles. The molecular formula is C53H86Si2. The van der Waals surface area contributed by atoms with Crippen molar-refractivity contribution < 1.29 is 0 Å². The number of hydrogen-bond acceptors (Lipinski definition) is 0. The molecule has 5 aliphatic carbocycles. The zero-order chi connectivity index (χ0) is 39.3. The van der Waals surface area contributed by atoms with E-state index in [1.165, 1.54) is 185 Å². The lowest BCUT2D eigenvalue weighted by Gasteiger charge is -2.20. The Morgan fingerprint density at radius 3 is 0.709 bits per heavy atom. The van der Waals surface area contributed by atoms with Crippen LogP contribution in [-0.2, 0) is 0 Å². The zero-order valence-electron chi connectivity index (χ0n) is 37.0. The smallest absolute Gasteiger partial charge is 0.120 e. The fourth-order valence-corrected chi connectivity index (χ4v) is 14.2. The minimum Gasteiger partial charge on any atom is -0.120 e. The first-order valence-corrected chi connectivity index (χ1v) is 29.3. The van der Waals surface area contributed by atoms with Gasteiger partial charge in [-0.25, -0.2) is 0 Å². The molecule has 5 rings (SSSR count). The van der Waals surface area contributed by atoms with E-state index in [0.717, 1.165) is 61.7 Å². The van der Waals surface area contributed by atoms with Gasteiger partial charge in [-0.1, -0.05) is 124 Å². The van der Waals surface area contributed by atoms with Gasteiger partial charge < -0.3 is 0 Å².